The molecule has 2 aromatic rings. The molecule has 0 saturated heterocycles. The Labute approximate surface area is 104 Å². The highest BCUT2D eigenvalue weighted by Gasteiger charge is 2.13. The number of hydrogen-bond acceptors (Lipinski definition) is 6. The van der Waals surface area contributed by atoms with Gasteiger partial charge in [-0.15, -0.1) is 15.0 Å². The molecule has 0 amide bonds. The summed E-state index contributed by atoms with van der Waals surface area (Å²) in [5, 5.41) is 11.9. The molecule has 7 heteroatoms. The molecule has 0 saturated carbocycles. The Morgan fingerprint density at radius 1 is 1.22 bits per heavy atom. The molecule has 0 unspecified atom stereocenters. The molecule has 1 aromatic carbocycles. The Morgan fingerprint density at radius 3 is 2.50 bits per heavy atom. The maximum absolute atomic E-state index is 5.46. The first-order chi connectivity index (χ1) is 8.69. The van der Waals surface area contributed by atoms with Crippen LogP contribution in [0.1, 0.15) is 11.4 Å². The minimum atomic E-state index is 0.241. The van der Waals surface area contributed by atoms with E-state index in [0.717, 1.165) is 11.3 Å². The molecule has 0 aliphatic rings. The summed E-state index contributed by atoms with van der Waals surface area (Å²) in [7, 11) is 3.20. The summed E-state index contributed by atoms with van der Waals surface area (Å²) in [6, 6.07) is 3.66. The van der Waals surface area contributed by atoms with Crippen LogP contribution in [0.2, 0.25) is 0 Å². The summed E-state index contributed by atoms with van der Waals surface area (Å²) in [6.07, 6.45) is 0. The van der Waals surface area contributed by atoms with Crippen LogP contribution in [0.3, 0.4) is 0 Å². The van der Waals surface area contributed by atoms with Gasteiger partial charge >= 0.3 is 0 Å². The zero-order valence-electron chi connectivity index (χ0n) is 10.5. The summed E-state index contributed by atoms with van der Waals surface area (Å²) in [5.41, 5.74) is 7.09. The van der Waals surface area contributed by atoms with Gasteiger partial charge in [0.05, 0.1) is 20.8 Å². The number of nitrogens with two attached hydrogens (primary N) is 1. The maximum atomic E-state index is 5.46. The van der Waals surface area contributed by atoms with Crippen molar-refractivity contribution in [1.29, 1.82) is 0 Å². The molecule has 7 nitrogen and oxygen atoms in total. The quantitative estimate of drug-likeness (QED) is 0.846. The van der Waals surface area contributed by atoms with E-state index in [1.807, 2.05) is 13.0 Å². The van der Waals surface area contributed by atoms with Crippen molar-refractivity contribution in [2.24, 2.45) is 5.73 Å². The van der Waals surface area contributed by atoms with Crippen molar-refractivity contribution in [3.63, 3.8) is 0 Å². The highest BCUT2D eigenvalue weighted by Crippen LogP contribution is 2.30. The topological polar surface area (TPSA) is 88.1 Å². The van der Waals surface area contributed by atoms with E-state index in [9.17, 15) is 0 Å². The largest absolute Gasteiger partial charge is 0.496 e. The Bertz CT molecular complexity index is 552. The molecule has 1 aromatic heterocycles. The molecule has 0 fully saturated rings. The molecule has 18 heavy (non-hydrogen) atoms. The fourth-order valence-corrected chi connectivity index (χ4v) is 1.62. The van der Waals surface area contributed by atoms with Crippen molar-refractivity contribution in [2.75, 3.05) is 14.2 Å². The summed E-state index contributed by atoms with van der Waals surface area (Å²) >= 11 is 0. The van der Waals surface area contributed by atoms with E-state index in [0.29, 0.717) is 17.3 Å². The standard InChI is InChI=1S/C11H15N5O2/c1-7-4-10(18-3)8(5-9(7)17-2)16-14-11(6-12)13-15-16/h4-5H,6,12H2,1-3H3. The van der Waals surface area contributed by atoms with Gasteiger partial charge in [-0.2, -0.15) is 0 Å². The van der Waals surface area contributed by atoms with Crippen molar-refractivity contribution < 1.29 is 9.47 Å². The number of benzene rings is 1. The van der Waals surface area contributed by atoms with Gasteiger partial charge in [-0.1, -0.05) is 0 Å². The minimum Gasteiger partial charge on any atom is -0.496 e. The van der Waals surface area contributed by atoms with E-state index in [4.69, 9.17) is 15.2 Å². The van der Waals surface area contributed by atoms with E-state index in [-0.39, 0.29) is 6.54 Å². The molecule has 0 radical (unpaired) electrons. The van der Waals surface area contributed by atoms with Crippen molar-refractivity contribution in [3.05, 3.63) is 23.5 Å². The molecule has 2 N–H and O–H groups in total. The Kier molecular flexibility index (Phi) is 3.42. The highest BCUT2D eigenvalue weighted by atomic mass is 16.5. The number of tetrazole rings is 1. The predicted octanol–water partition coefficient (Wildman–Crippen LogP) is 0.447. The first kappa shape index (κ1) is 12.3. The van der Waals surface area contributed by atoms with Crippen molar-refractivity contribution in [3.8, 4) is 17.2 Å². The molecule has 2 rings (SSSR count). The van der Waals surface area contributed by atoms with E-state index in [2.05, 4.69) is 15.4 Å². The van der Waals surface area contributed by atoms with E-state index < -0.39 is 0 Å². The monoisotopic (exact) mass is 249 g/mol. The highest BCUT2D eigenvalue weighted by molar-refractivity contribution is 5.53. The van der Waals surface area contributed by atoms with E-state index >= 15 is 0 Å². The van der Waals surface area contributed by atoms with Gasteiger partial charge in [-0.05, 0) is 23.8 Å². The van der Waals surface area contributed by atoms with Crippen LogP contribution in [0.15, 0.2) is 12.1 Å². The first-order valence-corrected chi connectivity index (χ1v) is 5.41. The molecular weight excluding hydrogens is 234 g/mol. The molecule has 96 valence electrons. The summed E-state index contributed by atoms with van der Waals surface area (Å²) in [4.78, 5) is 1.38. The van der Waals surface area contributed by atoms with Crippen LogP contribution in [-0.2, 0) is 6.54 Å². The molecular formula is C11H15N5O2. The number of hydrogen-bond donors (Lipinski definition) is 1. The smallest absolute Gasteiger partial charge is 0.188 e. The lowest BCUT2D eigenvalue weighted by Crippen LogP contribution is -2.05. The van der Waals surface area contributed by atoms with Crippen LogP contribution >= 0.6 is 0 Å². The van der Waals surface area contributed by atoms with Gasteiger partial charge < -0.3 is 15.2 Å². The number of nitrogens with zero attached hydrogens (tertiary/aromatic N) is 4. The van der Waals surface area contributed by atoms with Gasteiger partial charge in [0.1, 0.15) is 17.2 Å². The second kappa shape index (κ2) is 5.01. The number of ether oxygens (including phenoxy) is 2. The predicted molar refractivity (Wildman–Crippen MR) is 64.9 cm³/mol. The summed E-state index contributed by atoms with van der Waals surface area (Å²) < 4.78 is 10.6. The number of methoxy groups -OCH3 is 2. The van der Waals surface area contributed by atoms with Gasteiger partial charge in [-0.25, -0.2) is 0 Å². The zero-order chi connectivity index (χ0) is 13.1. The van der Waals surface area contributed by atoms with Crippen LogP contribution in [0.25, 0.3) is 5.69 Å². The summed E-state index contributed by atoms with van der Waals surface area (Å²) in [5.74, 6) is 1.85. The Morgan fingerprint density at radius 2 is 1.94 bits per heavy atom. The maximum Gasteiger partial charge on any atom is 0.188 e. The van der Waals surface area contributed by atoms with Crippen LogP contribution in [-0.4, -0.2) is 34.4 Å². The van der Waals surface area contributed by atoms with Crippen LogP contribution in [0.4, 0.5) is 0 Å². The zero-order valence-corrected chi connectivity index (χ0v) is 10.5. The van der Waals surface area contributed by atoms with Gasteiger partial charge in [-0.3, -0.25) is 0 Å². The minimum absolute atomic E-state index is 0.241. The lowest BCUT2D eigenvalue weighted by Gasteiger charge is -2.11. The van der Waals surface area contributed by atoms with Gasteiger partial charge in [0.15, 0.2) is 5.82 Å². The summed E-state index contributed by atoms with van der Waals surface area (Å²) in [6.45, 7) is 2.18. The Hall–Kier alpha value is -2.15. The van der Waals surface area contributed by atoms with E-state index in [1.54, 1.807) is 20.3 Å². The Balaban J connectivity index is 2.54. The van der Waals surface area contributed by atoms with Crippen molar-refractivity contribution in [2.45, 2.75) is 13.5 Å². The SMILES string of the molecule is COc1cc(-n2nnc(CN)n2)c(OC)cc1C. The third kappa shape index (κ3) is 2.12. The molecule has 0 spiro atoms. The van der Waals surface area contributed by atoms with Crippen molar-refractivity contribution >= 4 is 0 Å². The number of rotatable bonds is 4. The van der Waals surface area contributed by atoms with Crippen LogP contribution < -0.4 is 15.2 Å². The van der Waals surface area contributed by atoms with E-state index in [1.165, 1.54) is 4.80 Å². The fourth-order valence-electron chi connectivity index (χ4n) is 1.62. The first-order valence-electron chi connectivity index (χ1n) is 5.41. The van der Waals surface area contributed by atoms with Gasteiger partial charge in [0.25, 0.3) is 0 Å². The van der Waals surface area contributed by atoms with Crippen LogP contribution in [0.5, 0.6) is 11.5 Å². The fraction of sp³-hybridized carbons (Fsp3) is 0.364. The van der Waals surface area contributed by atoms with Crippen LogP contribution in [0, 0.1) is 6.92 Å². The lowest BCUT2D eigenvalue weighted by atomic mass is 10.2. The second-order valence-corrected chi connectivity index (χ2v) is 3.69. The molecule has 1 heterocycles. The second-order valence-electron chi connectivity index (χ2n) is 3.69. The van der Waals surface area contributed by atoms with Crippen molar-refractivity contribution in [1.82, 2.24) is 20.2 Å². The van der Waals surface area contributed by atoms with Gasteiger partial charge in [0.2, 0.25) is 0 Å². The third-order valence-electron chi connectivity index (χ3n) is 2.55. The molecule has 0 aliphatic heterocycles. The normalized spacial score (nSPS) is 10.4. The molecule has 0 bridgehead atoms. The van der Waals surface area contributed by atoms with Gasteiger partial charge in [0, 0.05) is 6.07 Å². The number of aryl methyl sites for hydroxylation is 1. The number of aromatic nitrogens is 4. The lowest BCUT2D eigenvalue weighted by molar-refractivity contribution is 0.396. The average Bonchev–Trinajstić information content (AvgIpc) is 2.87. The average molecular weight is 249 g/mol. The molecule has 0 atom stereocenters. The third-order valence-corrected chi connectivity index (χ3v) is 2.55. The molecule has 0 aliphatic carbocycles.